The molecule has 0 bridgehead atoms. The van der Waals surface area contributed by atoms with Gasteiger partial charge in [0.1, 0.15) is 0 Å². The third-order valence-corrected chi connectivity index (χ3v) is 4.76. The zero-order chi connectivity index (χ0) is 18.1. The number of nitrogens with one attached hydrogen (secondary N) is 1. The number of halogens is 2. The summed E-state index contributed by atoms with van der Waals surface area (Å²) in [5, 5.41) is 11.7. The van der Waals surface area contributed by atoms with Gasteiger partial charge in [0.25, 0.3) is 5.91 Å². The summed E-state index contributed by atoms with van der Waals surface area (Å²) in [7, 11) is 0. The maximum absolute atomic E-state index is 12.5. The molecule has 0 saturated heterocycles. The molecule has 1 aromatic heterocycles. The molecule has 1 amide bonds. The maximum atomic E-state index is 12.5. The van der Waals surface area contributed by atoms with Crippen LogP contribution in [-0.2, 0) is 0 Å². The first-order valence-electron chi connectivity index (χ1n) is 7.63. The Morgan fingerprint density at radius 3 is 2.44 bits per heavy atom. The molecule has 7 heteroatoms. The molecule has 0 radical (unpaired) electrons. The average molecular weight is 375 g/mol. The minimum Gasteiger partial charge on any atom is -0.320 e. The van der Waals surface area contributed by atoms with Crippen molar-refractivity contribution >= 4 is 34.8 Å². The van der Waals surface area contributed by atoms with Crippen molar-refractivity contribution in [2.45, 2.75) is 20.8 Å². The Balaban J connectivity index is 1.88. The lowest BCUT2D eigenvalue weighted by molar-refractivity contribution is 0.102. The number of nitrogens with zero attached hydrogens (tertiary/aromatic N) is 3. The molecule has 0 atom stereocenters. The van der Waals surface area contributed by atoms with Crippen LogP contribution in [0.15, 0.2) is 36.4 Å². The Morgan fingerprint density at radius 2 is 1.76 bits per heavy atom. The number of hydrogen-bond acceptors (Lipinski definition) is 3. The van der Waals surface area contributed by atoms with E-state index < -0.39 is 0 Å². The van der Waals surface area contributed by atoms with E-state index in [-0.39, 0.29) is 11.6 Å². The standard InChI is InChI=1S/C18H16Cl2N4O/c1-10-4-6-14(8-11(10)2)24-12(3)17(22-23-24)18(25)21-13-5-7-15(19)16(20)9-13/h4-9H,1-3H3,(H,21,25). The van der Waals surface area contributed by atoms with Gasteiger partial charge in [0.15, 0.2) is 5.69 Å². The van der Waals surface area contributed by atoms with Crippen LogP contribution in [0.4, 0.5) is 5.69 Å². The summed E-state index contributed by atoms with van der Waals surface area (Å²) in [4.78, 5) is 12.5. The first kappa shape index (κ1) is 17.5. The Morgan fingerprint density at radius 1 is 1.00 bits per heavy atom. The molecule has 128 valence electrons. The van der Waals surface area contributed by atoms with Crippen LogP contribution in [0.3, 0.4) is 0 Å². The second-order valence-corrected chi connectivity index (χ2v) is 6.60. The summed E-state index contributed by atoms with van der Waals surface area (Å²) >= 11 is 11.9. The van der Waals surface area contributed by atoms with Crippen LogP contribution >= 0.6 is 23.2 Å². The highest BCUT2D eigenvalue weighted by molar-refractivity contribution is 6.42. The number of aryl methyl sites for hydroxylation is 2. The Bertz CT molecular complexity index is 966. The molecule has 5 nitrogen and oxygen atoms in total. The lowest BCUT2D eigenvalue weighted by atomic mass is 10.1. The molecule has 0 saturated carbocycles. The highest BCUT2D eigenvalue weighted by atomic mass is 35.5. The average Bonchev–Trinajstić information content (AvgIpc) is 2.95. The fourth-order valence-electron chi connectivity index (χ4n) is 2.41. The summed E-state index contributed by atoms with van der Waals surface area (Å²) in [5.74, 6) is -0.356. The third kappa shape index (κ3) is 3.52. The van der Waals surface area contributed by atoms with E-state index in [0.29, 0.717) is 21.4 Å². The molecule has 0 unspecified atom stereocenters. The number of hydrogen-bond donors (Lipinski definition) is 1. The van der Waals surface area contributed by atoms with E-state index in [9.17, 15) is 4.79 Å². The molecular weight excluding hydrogens is 359 g/mol. The van der Waals surface area contributed by atoms with E-state index in [0.717, 1.165) is 11.3 Å². The van der Waals surface area contributed by atoms with Crippen molar-refractivity contribution in [1.82, 2.24) is 15.0 Å². The van der Waals surface area contributed by atoms with E-state index >= 15 is 0 Å². The molecule has 0 spiro atoms. The molecule has 3 rings (SSSR count). The molecule has 1 heterocycles. The summed E-state index contributed by atoms with van der Waals surface area (Å²) in [6, 6.07) is 10.9. The van der Waals surface area contributed by atoms with E-state index in [1.807, 2.05) is 32.0 Å². The first-order chi connectivity index (χ1) is 11.9. The SMILES string of the molecule is Cc1ccc(-n2nnc(C(=O)Nc3ccc(Cl)c(Cl)c3)c2C)cc1C. The van der Waals surface area contributed by atoms with Gasteiger partial charge in [0.2, 0.25) is 0 Å². The normalized spacial score (nSPS) is 10.8. The topological polar surface area (TPSA) is 59.8 Å². The van der Waals surface area contributed by atoms with Crippen LogP contribution in [0, 0.1) is 20.8 Å². The van der Waals surface area contributed by atoms with Gasteiger partial charge in [-0.2, -0.15) is 0 Å². The van der Waals surface area contributed by atoms with Crippen molar-refractivity contribution < 1.29 is 4.79 Å². The van der Waals surface area contributed by atoms with Crippen LogP contribution in [0.2, 0.25) is 10.0 Å². The molecule has 0 aliphatic heterocycles. The molecular formula is C18H16Cl2N4O. The number of carbonyl (C=O) groups excluding carboxylic acids is 1. The second-order valence-electron chi connectivity index (χ2n) is 5.79. The number of aromatic nitrogens is 3. The van der Waals surface area contributed by atoms with Crippen LogP contribution in [0.25, 0.3) is 5.69 Å². The summed E-state index contributed by atoms with van der Waals surface area (Å²) in [6.45, 7) is 5.88. The van der Waals surface area contributed by atoms with Gasteiger partial charge in [0, 0.05) is 5.69 Å². The Labute approximate surface area is 155 Å². The number of anilines is 1. The highest BCUT2D eigenvalue weighted by Crippen LogP contribution is 2.25. The zero-order valence-corrected chi connectivity index (χ0v) is 15.5. The summed E-state index contributed by atoms with van der Waals surface area (Å²) < 4.78 is 1.65. The van der Waals surface area contributed by atoms with Crippen LogP contribution < -0.4 is 5.32 Å². The largest absolute Gasteiger partial charge is 0.320 e. The van der Waals surface area contributed by atoms with E-state index in [1.54, 1.807) is 29.8 Å². The number of amides is 1. The van der Waals surface area contributed by atoms with Gasteiger partial charge in [-0.25, -0.2) is 4.68 Å². The van der Waals surface area contributed by atoms with Gasteiger partial charge in [0.05, 0.1) is 21.4 Å². The minimum absolute atomic E-state index is 0.254. The predicted molar refractivity (Wildman–Crippen MR) is 100.0 cm³/mol. The van der Waals surface area contributed by atoms with Crippen molar-refractivity contribution in [1.29, 1.82) is 0 Å². The first-order valence-corrected chi connectivity index (χ1v) is 8.38. The molecule has 2 aromatic carbocycles. The maximum Gasteiger partial charge on any atom is 0.278 e. The van der Waals surface area contributed by atoms with Crippen molar-refractivity contribution in [3.63, 3.8) is 0 Å². The van der Waals surface area contributed by atoms with Crippen molar-refractivity contribution in [3.8, 4) is 5.69 Å². The van der Waals surface area contributed by atoms with Crippen LogP contribution in [0.5, 0.6) is 0 Å². The zero-order valence-electron chi connectivity index (χ0n) is 14.0. The summed E-state index contributed by atoms with van der Waals surface area (Å²) in [5.41, 5.74) is 4.65. The molecule has 3 aromatic rings. The van der Waals surface area contributed by atoms with Crippen LogP contribution in [-0.4, -0.2) is 20.9 Å². The lowest BCUT2D eigenvalue weighted by Crippen LogP contribution is -2.14. The van der Waals surface area contributed by atoms with Gasteiger partial charge in [-0.1, -0.05) is 34.5 Å². The molecule has 0 fully saturated rings. The predicted octanol–water partition coefficient (Wildman–Crippen LogP) is 4.75. The number of rotatable bonds is 3. The van der Waals surface area contributed by atoms with E-state index in [4.69, 9.17) is 23.2 Å². The fourth-order valence-corrected chi connectivity index (χ4v) is 2.70. The van der Waals surface area contributed by atoms with Crippen molar-refractivity contribution in [2.75, 3.05) is 5.32 Å². The Hall–Kier alpha value is -2.37. The second kappa shape index (κ2) is 6.86. The number of benzene rings is 2. The minimum atomic E-state index is -0.356. The van der Waals surface area contributed by atoms with Crippen molar-refractivity contribution in [2.24, 2.45) is 0 Å². The monoisotopic (exact) mass is 374 g/mol. The fraction of sp³-hybridized carbons (Fsp3) is 0.167. The van der Waals surface area contributed by atoms with Gasteiger partial charge in [-0.3, -0.25) is 4.79 Å². The molecule has 25 heavy (non-hydrogen) atoms. The lowest BCUT2D eigenvalue weighted by Gasteiger charge is -2.07. The van der Waals surface area contributed by atoms with E-state index in [1.165, 1.54) is 5.56 Å². The molecule has 1 N–H and O–H groups in total. The van der Waals surface area contributed by atoms with Gasteiger partial charge < -0.3 is 5.32 Å². The highest BCUT2D eigenvalue weighted by Gasteiger charge is 2.18. The smallest absolute Gasteiger partial charge is 0.278 e. The quantitative estimate of drug-likeness (QED) is 0.719. The van der Waals surface area contributed by atoms with Crippen molar-refractivity contribution in [3.05, 3.63) is 69.0 Å². The van der Waals surface area contributed by atoms with Crippen LogP contribution in [0.1, 0.15) is 27.3 Å². The van der Waals surface area contributed by atoms with Gasteiger partial charge in [-0.05, 0) is 62.2 Å². The third-order valence-electron chi connectivity index (χ3n) is 4.02. The Kier molecular flexibility index (Phi) is 4.79. The molecule has 0 aliphatic rings. The van der Waals surface area contributed by atoms with E-state index in [2.05, 4.69) is 15.6 Å². The number of carbonyl (C=O) groups is 1. The molecule has 0 aliphatic carbocycles. The van der Waals surface area contributed by atoms with Gasteiger partial charge >= 0.3 is 0 Å². The summed E-state index contributed by atoms with van der Waals surface area (Å²) in [6.07, 6.45) is 0. The van der Waals surface area contributed by atoms with Gasteiger partial charge in [-0.15, -0.1) is 5.10 Å².